The molecule has 2 aliphatic rings. The number of hydrogen-bond donors (Lipinski definition) is 0. The van der Waals surface area contributed by atoms with Crippen LogP contribution in [0.25, 0.3) is 0 Å². The van der Waals surface area contributed by atoms with Crippen LogP contribution in [0.5, 0.6) is 0 Å². The number of hydrogen-bond acceptors (Lipinski definition) is 2. The van der Waals surface area contributed by atoms with Gasteiger partial charge in [-0.1, -0.05) is 19.1 Å². The molecule has 0 unspecified atom stereocenters. The van der Waals surface area contributed by atoms with Crippen molar-refractivity contribution >= 4 is 0 Å². The van der Waals surface area contributed by atoms with Crippen molar-refractivity contribution < 1.29 is 9.47 Å². The van der Waals surface area contributed by atoms with Crippen LogP contribution in [0.15, 0.2) is 12.2 Å². The van der Waals surface area contributed by atoms with Gasteiger partial charge in [-0.05, 0) is 25.2 Å². The Morgan fingerprint density at radius 1 is 1.08 bits per heavy atom. The van der Waals surface area contributed by atoms with Crippen LogP contribution in [-0.2, 0) is 9.47 Å². The maximum atomic E-state index is 5.63. The van der Waals surface area contributed by atoms with Gasteiger partial charge in [-0.3, -0.25) is 0 Å². The zero-order chi connectivity index (χ0) is 9.10. The molecule has 1 aliphatic heterocycles. The van der Waals surface area contributed by atoms with Gasteiger partial charge in [0.1, 0.15) is 0 Å². The molecule has 13 heavy (non-hydrogen) atoms. The lowest BCUT2D eigenvalue weighted by Gasteiger charge is -2.34. The van der Waals surface area contributed by atoms with E-state index in [1.54, 1.807) is 0 Å². The van der Waals surface area contributed by atoms with Crippen molar-refractivity contribution in [3.8, 4) is 0 Å². The summed E-state index contributed by atoms with van der Waals surface area (Å²) in [5.41, 5.74) is 0. The Morgan fingerprint density at radius 3 is 2.46 bits per heavy atom. The normalized spacial score (nSPS) is 36.4. The maximum Gasteiger partial charge on any atom is 0.160 e. The van der Waals surface area contributed by atoms with E-state index >= 15 is 0 Å². The Hall–Kier alpha value is -0.340. The van der Waals surface area contributed by atoms with Crippen LogP contribution in [0.3, 0.4) is 0 Å². The lowest BCUT2D eigenvalue weighted by molar-refractivity contribution is -0.212. The highest BCUT2D eigenvalue weighted by Crippen LogP contribution is 2.31. The third kappa shape index (κ3) is 2.12. The van der Waals surface area contributed by atoms with Crippen molar-refractivity contribution in [3.05, 3.63) is 12.2 Å². The minimum absolute atomic E-state index is 0.0636. The molecule has 2 heteroatoms. The molecule has 2 rings (SSSR count). The zero-order valence-electron chi connectivity index (χ0n) is 8.24. The summed E-state index contributed by atoms with van der Waals surface area (Å²) in [6.45, 7) is 4.03. The molecular formula is C11H18O2. The Balaban J connectivity index is 1.93. The topological polar surface area (TPSA) is 18.5 Å². The van der Waals surface area contributed by atoms with E-state index < -0.39 is 0 Å². The van der Waals surface area contributed by atoms with E-state index in [2.05, 4.69) is 19.1 Å². The zero-order valence-corrected chi connectivity index (χ0v) is 8.24. The molecule has 0 radical (unpaired) electrons. The van der Waals surface area contributed by atoms with E-state index in [4.69, 9.17) is 9.47 Å². The smallest absolute Gasteiger partial charge is 0.160 e. The van der Waals surface area contributed by atoms with Crippen molar-refractivity contribution in [2.24, 2.45) is 11.8 Å². The molecule has 0 aromatic carbocycles. The SMILES string of the molecule is C[C@H]1CC=CC[C@H]1C1OCCCO1. The molecule has 2 atom stereocenters. The highest BCUT2D eigenvalue weighted by molar-refractivity contribution is 4.94. The summed E-state index contributed by atoms with van der Waals surface area (Å²) >= 11 is 0. The number of rotatable bonds is 1. The number of ether oxygens (including phenoxy) is 2. The summed E-state index contributed by atoms with van der Waals surface area (Å²) < 4.78 is 11.3. The van der Waals surface area contributed by atoms with Crippen LogP contribution in [-0.4, -0.2) is 19.5 Å². The first-order valence-electron chi connectivity index (χ1n) is 5.26. The van der Waals surface area contributed by atoms with Crippen LogP contribution in [0.1, 0.15) is 26.2 Å². The van der Waals surface area contributed by atoms with Crippen LogP contribution >= 0.6 is 0 Å². The number of allylic oxidation sites excluding steroid dienone is 2. The summed E-state index contributed by atoms with van der Waals surface area (Å²) in [7, 11) is 0. The summed E-state index contributed by atoms with van der Waals surface area (Å²) in [4.78, 5) is 0. The van der Waals surface area contributed by atoms with Gasteiger partial charge >= 0.3 is 0 Å². The van der Waals surface area contributed by atoms with E-state index in [1.165, 1.54) is 6.42 Å². The second-order valence-corrected chi connectivity index (χ2v) is 4.05. The van der Waals surface area contributed by atoms with Crippen LogP contribution in [0.2, 0.25) is 0 Å². The van der Waals surface area contributed by atoms with Crippen molar-refractivity contribution in [3.63, 3.8) is 0 Å². The third-order valence-corrected chi connectivity index (χ3v) is 3.02. The molecule has 0 aromatic rings. The molecule has 1 heterocycles. The van der Waals surface area contributed by atoms with Crippen LogP contribution in [0.4, 0.5) is 0 Å². The van der Waals surface area contributed by atoms with Gasteiger partial charge in [0, 0.05) is 5.92 Å². The predicted molar refractivity (Wildman–Crippen MR) is 51.3 cm³/mol. The first kappa shape index (κ1) is 9.22. The Bertz CT molecular complexity index is 183. The Morgan fingerprint density at radius 2 is 1.77 bits per heavy atom. The predicted octanol–water partition coefficient (Wildman–Crippen LogP) is 2.35. The maximum absolute atomic E-state index is 5.63. The van der Waals surface area contributed by atoms with Crippen LogP contribution in [0, 0.1) is 11.8 Å². The molecule has 2 nitrogen and oxygen atoms in total. The fourth-order valence-electron chi connectivity index (χ4n) is 2.10. The van der Waals surface area contributed by atoms with E-state index in [9.17, 15) is 0 Å². The molecule has 0 spiro atoms. The lowest BCUT2D eigenvalue weighted by atomic mass is 9.84. The van der Waals surface area contributed by atoms with Gasteiger partial charge in [-0.15, -0.1) is 0 Å². The van der Waals surface area contributed by atoms with Crippen molar-refractivity contribution in [2.75, 3.05) is 13.2 Å². The Kier molecular flexibility index (Phi) is 3.01. The molecule has 0 saturated carbocycles. The van der Waals surface area contributed by atoms with E-state index in [0.717, 1.165) is 26.1 Å². The molecule has 1 aliphatic carbocycles. The van der Waals surface area contributed by atoms with E-state index in [1.807, 2.05) is 0 Å². The van der Waals surface area contributed by atoms with Gasteiger partial charge in [0.05, 0.1) is 13.2 Å². The minimum Gasteiger partial charge on any atom is -0.352 e. The fraction of sp³-hybridized carbons (Fsp3) is 0.818. The minimum atomic E-state index is 0.0636. The molecule has 0 N–H and O–H groups in total. The van der Waals surface area contributed by atoms with Crippen molar-refractivity contribution in [1.29, 1.82) is 0 Å². The van der Waals surface area contributed by atoms with Gasteiger partial charge in [-0.25, -0.2) is 0 Å². The standard InChI is InChI=1S/C11H18O2/c1-9-5-2-3-6-10(9)11-12-7-4-8-13-11/h2-3,9-11H,4-8H2,1H3/t9-,10+/m0/s1. The second kappa shape index (κ2) is 4.25. The molecule has 1 fully saturated rings. The van der Waals surface area contributed by atoms with E-state index in [-0.39, 0.29) is 6.29 Å². The van der Waals surface area contributed by atoms with Gasteiger partial charge in [0.15, 0.2) is 6.29 Å². The summed E-state index contributed by atoms with van der Waals surface area (Å²) in [5.74, 6) is 1.28. The fourth-order valence-corrected chi connectivity index (χ4v) is 2.10. The third-order valence-electron chi connectivity index (χ3n) is 3.02. The highest BCUT2D eigenvalue weighted by Gasteiger charge is 2.29. The average Bonchev–Trinajstić information content (AvgIpc) is 2.20. The molecule has 74 valence electrons. The quantitative estimate of drug-likeness (QED) is 0.579. The molecular weight excluding hydrogens is 164 g/mol. The lowest BCUT2D eigenvalue weighted by Crippen LogP contribution is -2.36. The molecule has 0 amide bonds. The van der Waals surface area contributed by atoms with Crippen LogP contribution < -0.4 is 0 Å². The molecule has 0 aromatic heterocycles. The average molecular weight is 182 g/mol. The van der Waals surface area contributed by atoms with Gasteiger partial charge in [0.25, 0.3) is 0 Å². The summed E-state index contributed by atoms with van der Waals surface area (Å²) in [6.07, 6.45) is 7.93. The monoisotopic (exact) mass is 182 g/mol. The van der Waals surface area contributed by atoms with E-state index in [0.29, 0.717) is 11.8 Å². The van der Waals surface area contributed by atoms with Crippen molar-refractivity contribution in [2.45, 2.75) is 32.5 Å². The molecule has 1 saturated heterocycles. The first-order valence-corrected chi connectivity index (χ1v) is 5.26. The largest absolute Gasteiger partial charge is 0.352 e. The molecule has 0 bridgehead atoms. The summed E-state index contributed by atoms with van der Waals surface area (Å²) in [5, 5.41) is 0. The first-order chi connectivity index (χ1) is 6.38. The highest BCUT2D eigenvalue weighted by atomic mass is 16.7. The summed E-state index contributed by atoms with van der Waals surface area (Å²) in [6, 6.07) is 0. The van der Waals surface area contributed by atoms with Gasteiger partial charge in [0.2, 0.25) is 0 Å². The Labute approximate surface area is 79.9 Å². The van der Waals surface area contributed by atoms with Crippen molar-refractivity contribution in [1.82, 2.24) is 0 Å². The van der Waals surface area contributed by atoms with Gasteiger partial charge < -0.3 is 9.47 Å². The van der Waals surface area contributed by atoms with Gasteiger partial charge in [-0.2, -0.15) is 0 Å². The second-order valence-electron chi connectivity index (χ2n) is 4.05.